The molecule has 0 aliphatic carbocycles. The highest BCUT2D eigenvalue weighted by molar-refractivity contribution is 7.88. The second kappa shape index (κ2) is 11.5. The van der Waals surface area contributed by atoms with Crippen molar-refractivity contribution in [2.45, 2.75) is 56.4 Å². The Kier molecular flexibility index (Phi) is 7.86. The smallest absolute Gasteiger partial charge is 0.321 e. The molecule has 0 spiro atoms. The summed E-state index contributed by atoms with van der Waals surface area (Å²) in [4.78, 5) is 23.4. The van der Waals surface area contributed by atoms with Crippen molar-refractivity contribution in [3.05, 3.63) is 35.9 Å². The molecule has 3 saturated heterocycles. The third-order valence-electron chi connectivity index (χ3n) is 8.00. The highest BCUT2D eigenvalue weighted by Gasteiger charge is 2.31. The lowest BCUT2D eigenvalue weighted by Gasteiger charge is -2.32. The van der Waals surface area contributed by atoms with Gasteiger partial charge in [-0.2, -0.15) is 15.0 Å². The minimum Gasteiger partial charge on any atom is -0.461 e. The first kappa shape index (κ1) is 27.3. The van der Waals surface area contributed by atoms with Gasteiger partial charge in [0, 0.05) is 56.6 Å². The zero-order valence-corrected chi connectivity index (χ0v) is 23.4. The number of ether oxygens (including phenoxy) is 2. The molecule has 3 aliphatic rings. The van der Waals surface area contributed by atoms with Gasteiger partial charge in [-0.25, -0.2) is 17.7 Å². The van der Waals surface area contributed by atoms with Crippen molar-refractivity contribution in [2.24, 2.45) is 0 Å². The highest BCUT2D eigenvalue weighted by atomic mass is 32.2. The molecule has 0 saturated carbocycles. The van der Waals surface area contributed by atoms with E-state index in [1.165, 1.54) is 16.1 Å². The van der Waals surface area contributed by atoms with Crippen molar-refractivity contribution >= 4 is 27.0 Å². The molecule has 3 aliphatic heterocycles. The molecule has 14 heteroatoms. The number of aliphatic hydroxyl groups is 1. The summed E-state index contributed by atoms with van der Waals surface area (Å²) in [6.45, 7) is 3.21. The fraction of sp³-hybridized carbons (Fsp3) is 0.615. The van der Waals surface area contributed by atoms with Crippen LogP contribution in [0.15, 0.2) is 24.5 Å². The molecule has 6 rings (SSSR count). The highest BCUT2D eigenvalue weighted by Crippen LogP contribution is 2.34. The van der Waals surface area contributed by atoms with Crippen LogP contribution in [-0.2, 0) is 14.8 Å². The number of H-pyrrole nitrogens is 1. The summed E-state index contributed by atoms with van der Waals surface area (Å²) in [7, 11) is -3.29. The Labute approximate surface area is 233 Å². The van der Waals surface area contributed by atoms with Gasteiger partial charge in [0.05, 0.1) is 12.4 Å². The zero-order chi connectivity index (χ0) is 27.7. The minimum atomic E-state index is -3.29. The molecule has 3 aromatic rings. The van der Waals surface area contributed by atoms with Gasteiger partial charge in [-0.15, -0.1) is 0 Å². The van der Waals surface area contributed by atoms with E-state index in [4.69, 9.17) is 9.47 Å². The van der Waals surface area contributed by atoms with Gasteiger partial charge in [-0.1, -0.05) is 0 Å². The Bertz CT molecular complexity index is 1420. The van der Waals surface area contributed by atoms with Gasteiger partial charge in [-0.05, 0) is 55.7 Å². The number of aliphatic hydroxyl groups excluding tert-OH is 1. The molecule has 40 heavy (non-hydrogen) atoms. The fourth-order valence-electron chi connectivity index (χ4n) is 5.80. The third-order valence-corrected chi connectivity index (χ3v) is 9.27. The first-order valence-electron chi connectivity index (χ1n) is 13.9. The van der Waals surface area contributed by atoms with E-state index in [-0.39, 0.29) is 30.5 Å². The van der Waals surface area contributed by atoms with E-state index >= 15 is 0 Å². The van der Waals surface area contributed by atoms with Gasteiger partial charge < -0.3 is 24.5 Å². The molecule has 216 valence electrons. The first-order valence-corrected chi connectivity index (χ1v) is 15.7. The molecule has 0 amide bonds. The molecule has 6 heterocycles. The van der Waals surface area contributed by atoms with Crippen LogP contribution in [0.5, 0.6) is 6.01 Å². The number of fused-ring (bicyclic) bond motifs is 1. The van der Waals surface area contributed by atoms with Crippen LogP contribution in [0.25, 0.3) is 11.0 Å². The number of pyridine rings is 1. The summed E-state index contributed by atoms with van der Waals surface area (Å²) < 4.78 is 36.8. The molecular weight excluding hydrogens is 536 g/mol. The predicted molar refractivity (Wildman–Crippen MR) is 147 cm³/mol. The lowest BCUT2D eigenvalue weighted by molar-refractivity contribution is 0.0633. The second-order valence-corrected chi connectivity index (χ2v) is 12.8. The van der Waals surface area contributed by atoms with Crippen LogP contribution in [0.1, 0.15) is 55.6 Å². The van der Waals surface area contributed by atoms with Gasteiger partial charge in [0.1, 0.15) is 12.3 Å². The summed E-state index contributed by atoms with van der Waals surface area (Å²) in [5.74, 6) is 0.990. The molecule has 3 atom stereocenters. The summed E-state index contributed by atoms with van der Waals surface area (Å²) >= 11 is 0. The lowest BCUT2D eigenvalue weighted by Crippen LogP contribution is -2.38. The van der Waals surface area contributed by atoms with E-state index < -0.39 is 16.3 Å². The molecule has 0 bridgehead atoms. The lowest BCUT2D eigenvalue weighted by atomic mass is 9.89. The number of nitrogens with zero attached hydrogens (tertiary/aromatic N) is 6. The molecule has 1 unspecified atom stereocenters. The maximum Gasteiger partial charge on any atom is 0.321 e. The number of aromatic nitrogens is 5. The monoisotopic (exact) mass is 572 g/mol. The van der Waals surface area contributed by atoms with Gasteiger partial charge in [0.25, 0.3) is 0 Å². The van der Waals surface area contributed by atoms with E-state index in [1.807, 2.05) is 6.07 Å². The predicted octanol–water partition coefficient (Wildman–Crippen LogP) is 1.30. The Morgan fingerprint density at radius 2 is 2.05 bits per heavy atom. The van der Waals surface area contributed by atoms with Crippen LogP contribution >= 0.6 is 0 Å². The van der Waals surface area contributed by atoms with Crippen molar-refractivity contribution in [1.82, 2.24) is 34.5 Å². The standard InChI is InChI=1S/C26H36N8O5S/c1-40(36,37)34-12-8-18(15-34)29-24(35)23-30-25(32-26(31-23)39-16-19-4-3-13-38-19)33-10-6-17(7-11-33)21-14-28-22-20(21)5-2-9-27-22/h2,5,9,14,17-19,24,29,35H,3-4,6-8,10-13,15-16H2,1H3,(H,27,28)/t18-,19+,24?/m0/s1. The molecule has 0 aromatic carbocycles. The number of hydrogen-bond acceptors (Lipinski definition) is 11. The Morgan fingerprint density at radius 3 is 2.80 bits per heavy atom. The molecule has 3 aromatic heterocycles. The number of anilines is 1. The maximum absolute atomic E-state index is 11.9. The van der Waals surface area contributed by atoms with E-state index in [2.05, 4.69) is 47.4 Å². The average Bonchev–Trinajstić information content (AvgIpc) is 3.73. The number of hydrogen-bond donors (Lipinski definition) is 3. The number of nitrogens with one attached hydrogen (secondary N) is 2. The number of aromatic amines is 1. The summed E-state index contributed by atoms with van der Waals surface area (Å²) in [5, 5.41) is 15.3. The number of sulfonamides is 1. The van der Waals surface area contributed by atoms with Gasteiger partial charge in [0.15, 0.2) is 12.1 Å². The molecular formula is C26H36N8O5S. The number of rotatable bonds is 9. The van der Waals surface area contributed by atoms with Crippen LogP contribution in [0.3, 0.4) is 0 Å². The van der Waals surface area contributed by atoms with Crippen LogP contribution in [0, 0.1) is 0 Å². The Hall–Kier alpha value is -2.91. The molecule has 3 fully saturated rings. The van der Waals surface area contributed by atoms with Crippen LogP contribution in [0.4, 0.5) is 5.95 Å². The van der Waals surface area contributed by atoms with Gasteiger partial charge in [-0.3, -0.25) is 5.32 Å². The van der Waals surface area contributed by atoms with E-state index in [0.717, 1.165) is 56.4 Å². The molecule has 3 N–H and O–H groups in total. The van der Waals surface area contributed by atoms with Crippen molar-refractivity contribution < 1.29 is 23.0 Å². The first-order chi connectivity index (χ1) is 19.3. The largest absolute Gasteiger partial charge is 0.461 e. The second-order valence-electron chi connectivity index (χ2n) is 10.8. The van der Waals surface area contributed by atoms with E-state index in [9.17, 15) is 13.5 Å². The van der Waals surface area contributed by atoms with Crippen molar-refractivity contribution in [1.29, 1.82) is 0 Å². The van der Waals surface area contributed by atoms with Gasteiger partial charge in [0.2, 0.25) is 16.0 Å². The van der Waals surface area contributed by atoms with Crippen molar-refractivity contribution in [3.8, 4) is 6.01 Å². The number of piperidine rings is 1. The normalized spacial score (nSPS) is 23.7. The van der Waals surface area contributed by atoms with Crippen LogP contribution in [-0.4, -0.2) is 101 Å². The molecule has 13 nitrogen and oxygen atoms in total. The van der Waals surface area contributed by atoms with Crippen molar-refractivity contribution in [3.63, 3.8) is 0 Å². The summed E-state index contributed by atoms with van der Waals surface area (Å²) in [6, 6.07) is 3.99. The van der Waals surface area contributed by atoms with Crippen LogP contribution < -0.4 is 15.0 Å². The SMILES string of the molecule is CS(=O)(=O)N1CC[C@H](NC(O)c2nc(OC[C@H]3CCCO3)nc(N3CCC(c4c[nH]c5ncccc45)CC3)n2)C1. The third kappa shape index (κ3) is 6.05. The summed E-state index contributed by atoms with van der Waals surface area (Å²) in [6.07, 6.45) is 8.18. The minimum absolute atomic E-state index is 0.00594. The Morgan fingerprint density at radius 1 is 1.20 bits per heavy atom. The van der Waals surface area contributed by atoms with E-state index in [1.54, 1.807) is 6.20 Å². The van der Waals surface area contributed by atoms with Crippen LogP contribution in [0.2, 0.25) is 0 Å². The quantitative estimate of drug-likeness (QED) is 0.317. The Balaban J connectivity index is 1.17. The van der Waals surface area contributed by atoms with E-state index in [0.29, 0.717) is 31.4 Å². The zero-order valence-electron chi connectivity index (χ0n) is 22.6. The van der Waals surface area contributed by atoms with Gasteiger partial charge >= 0.3 is 6.01 Å². The fourth-order valence-corrected chi connectivity index (χ4v) is 6.69. The van der Waals surface area contributed by atoms with Crippen molar-refractivity contribution in [2.75, 3.05) is 50.5 Å². The maximum atomic E-state index is 11.9. The molecule has 0 radical (unpaired) electrons. The average molecular weight is 573 g/mol. The topological polar surface area (TPSA) is 159 Å². The summed E-state index contributed by atoms with van der Waals surface area (Å²) in [5.41, 5.74) is 2.18.